The summed E-state index contributed by atoms with van der Waals surface area (Å²) in [7, 11) is 0. The Bertz CT molecular complexity index is 827. The monoisotopic (exact) mass is 371 g/mol. The zero-order valence-electron chi connectivity index (χ0n) is 15.4. The number of ether oxygens (including phenoxy) is 2. The molecule has 1 aromatic heterocycles. The largest absolute Gasteiger partial charge is 0.475 e. The van der Waals surface area contributed by atoms with E-state index in [1.54, 1.807) is 6.08 Å². The normalized spacial score (nSPS) is 22.6. The molecule has 0 bridgehead atoms. The number of morpholine rings is 1. The molecule has 0 radical (unpaired) electrons. The van der Waals surface area contributed by atoms with Crippen molar-refractivity contribution in [2.24, 2.45) is 0 Å². The van der Waals surface area contributed by atoms with E-state index in [9.17, 15) is 10.2 Å². The summed E-state index contributed by atoms with van der Waals surface area (Å²) in [5, 5.41) is 24.4. The van der Waals surface area contributed by atoms with Gasteiger partial charge in [0.25, 0.3) is 0 Å². The van der Waals surface area contributed by atoms with E-state index in [1.165, 1.54) is 0 Å². The maximum atomic E-state index is 10.1. The van der Waals surface area contributed by atoms with Gasteiger partial charge in [0, 0.05) is 31.4 Å². The van der Waals surface area contributed by atoms with Gasteiger partial charge >= 0.3 is 0 Å². The minimum atomic E-state index is -0.892. The maximum Gasteiger partial charge on any atom is 0.233 e. The van der Waals surface area contributed by atoms with Crippen molar-refractivity contribution in [3.63, 3.8) is 0 Å². The lowest BCUT2D eigenvalue weighted by Crippen LogP contribution is -2.38. The fraction of sp³-hybridized carbons (Fsp3) is 0.450. The molecule has 1 fully saturated rings. The second kappa shape index (κ2) is 7.82. The average molecular weight is 371 g/mol. The van der Waals surface area contributed by atoms with Crippen molar-refractivity contribution in [1.82, 2.24) is 14.7 Å². The van der Waals surface area contributed by atoms with Crippen molar-refractivity contribution >= 4 is 6.08 Å². The molecule has 1 aliphatic carbocycles. The Balaban J connectivity index is 1.45. The standard InChI is InChI=1S/C20H25N3O4/c1-14-12-19(27-11-8-22-6-9-26-10-7-22)21-23(14)16-3-4-17-15(13-16)2-5-18(24)20(17)25/h2-5,12-13,18,20,24-25H,6-11H2,1H3. The van der Waals surface area contributed by atoms with Gasteiger partial charge in [-0.05, 0) is 30.2 Å². The van der Waals surface area contributed by atoms with Gasteiger partial charge in [-0.2, -0.15) is 0 Å². The molecule has 1 aromatic carbocycles. The van der Waals surface area contributed by atoms with Crippen molar-refractivity contribution in [2.45, 2.75) is 19.1 Å². The Morgan fingerprint density at radius 1 is 1.22 bits per heavy atom. The number of fused-ring (bicyclic) bond motifs is 1. The summed E-state index contributed by atoms with van der Waals surface area (Å²) in [4.78, 5) is 2.32. The number of aliphatic hydroxyl groups is 2. The minimum Gasteiger partial charge on any atom is -0.475 e. The lowest BCUT2D eigenvalue weighted by molar-refractivity contribution is 0.0320. The predicted molar refractivity (Wildman–Crippen MR) is 101 cm³/mol. The highest BCUT2D eigenvalue weighted by molar-refractivity contribution is 5.61. The van der Waals surface area contributed by atoms with Crippen LogP contribution in [0.2, 0.25) is 0 Å². The number of aromatic nitrogens is 2. The number of hydrogen-bond acceptors (Lipinski definition) is 6. The minimum absolute atomic E-state index is 0.591. The maximum absolute atomic E-state index is 10.1. The Morgan fingerprint density at radius 2 is 2.04 bits per heavy atom. The highest BCUT2D eigenvalue weighted by atomic mass is 16.5. The molecule has 2 N–H and O–H groups in total. The first-order valence-corrected chi connectivity index (χ1v) is 9.30. The first-order valence-electron chi connectivity index (χ1n) is 9.30. The summed E-state index contributed by atoms with van der Waals surface area (Å²) in [6.45, 7) is 6.89. The molecule has 0 saturated carbocycles. The van der Waals surface area contributed by atoms with Gasteiger partial charge in [0.2, 0.25) is 5.88 Å². The lowest BCUT2D eigenvalue weighted by atomic mass is 9.92. The van der Waals surface area contributed by atoms with Gasteiger partial charge in [-0.25, -0.2) is 4.68 Å². The number of aliphatic hydroxyl groups excluding tert-OH is 2. The topological polar surface area (TPSA) is 80.0 Å². The average Bonchev–Trinajstić information content (AvgIpc) is 3.06. The van der Waals surface area contributed by atoms with E-state index < -0.39 is 12.2 Å². The fourth-order valence-electron chi connectivity index (χ4n) is 3.48. The molecule has 2 atom stereocenters. The Kier molecular flexibility index (Phi) is 5.27. The van der Waals surface area contributed by atoms with Gasteiger partial charge in [-0.15, -0.1) is 5.10 Å². The Labute approximate surface area is 158 Å². The van der Waals surface area contributed by atoms with Crippen molar-refractivity contribution in [1.29, 1.82) is 0 Å². The van der Waals surface area contributed by atoms with Crippen LogP contribution in [0, 0.1) is 6.92 Å². The summed E-state index contributed by atoms with van der Waals surface area (Å²) in [5.41, 5.74) is 3.47. The molecule has 2 aliphatic rings. The van der Waals surface area contributed by atoms with Crippen molar-refractivity contribution in [3.05, 3.63) is 47.2 Å². The summed E-state index contributed by atoms with van der Waals surface area (Å²) in [6.07, 6.45) is 1.68. The molecular formula is C20H25N3O4. The molecule has 7 nitrogen and oxygen atoms in total. The van der Waals surface area contributed by atoms with Crippen LogP contribution in [-0.2, 0) is 4.74 Å². The van der Waals surface area contributed by atoms with Crippen molar-refractivity contribution in [3.8, 4) is 11.6 Å². The first-order chi connectivity index (χ1) is 13.1. The van der Waals surface area contributed by atoms with E-state index in [4.69, 9.17) is 9.47 Å². The zero-order valence-corrected chi connectivity index (χ0v) is 15.4. The lowest BCUT2D eigenvalue weighted by Gasteiger charge is -2.26. The van der Waals surface area contributed by atoms with Crippen LogP contribution in [0.3, 0.4) is 0 Å². The van der Waals surface area contributed by atoms with E-state index in [0.29, 0.717) is 12.5 Å². The summed E-state index contributed by atoms with van der Waals surface area (Å²) < 4.78 is 13.0. The van der Waals surface area contributed by atoms with Gasteiger partial charge in [0.1, 0.15) is 18.8 Å². The molecule has 2 heterocycles. The van der Waals surface area contributed by atoms with Crippen molar-refractivity contribution < 1.29 is 19.7 Å². The Hall–Kier alpha value is -2.19. The number of rotatable bonds is 5. The van der Waals surface area contributed by atoms with Crippen LogP contribution in [0.15, 0.2) is 30.3 Å². The molecule has 1 aliphatic heterocycles. The smallest absolute Gasteiger partial charge is 0.233 e. The zero-order chi connectivity index (χ0) is 18.8. The van der Waals surface area contributed by atoms with Gasteiger partial charge in [-0.3, -0.25) is 4.90 Å². The van der Waals surface area contributed by atoms with E-state index in [2.05, 4.69) is 10.00 Å². The molecular weight excluding hydrogens is 346 g/mol. The van der Waals surface area contributed by atoms with Gasteiger partial charge in [-0.1, -0.05) is 18.2 Å². The number of benzene rings is 1. The quantitative estimate of drug-likeness (QED) is 0.825. The molecule has 4 rings (SSSR count). The molecule has 27 heavy (non-hydrogen) atoms. The third-order valence-electron chi connectivity index (χ3n) is 5.06. The molecule has 2 aromatic rings. The number of nitrogens with zero attached hydrogens (tertiary/aromatic N) is 3. The summed E-state index contributed by atoms with van der Waals surface area (Å²) in [5.74, 6) is 0.601. The summed E-state index contributed by atoms with van der Waals surface area (Å²) in [6, 6.07) is 7.61. The van der Waals surface area contributed by atoms with Crippen LogP contribution in [0.5, 0.6) is 5.88 Å². The van der Waals surface area contributed by atoms with E-state index in [-0.39, 0.29) is 0 Å². The molecule has 0 amide bonds. The SMILES string of the molecule is Cc1cc(OCCN2CCOCC2)nn1-c1ccc2c(c1)C=CC(O)C2O. The number of aryl methyl sites for hydroxylation is 1. The molecule has 7 heteroatoms. The van der Waals surface area contributed by atoms with Gasteiger partial charge in [0.05, 0.1) is 18.9 Å². The van der Waals surface area contributed by atoms with Gasteiger partial charge in [0.15, 0.2) is 0 Å². The molecule has 1 saturated heterocycles. The Morgan fingerprint density at radius 3 is 2.85 bits per heavy atom. The first kappa shape index (κ1) is 18.2. The van der Waals surface area contributed by atoms with E-state index >= 15 is 0 Å². The highest BCUT2D eigenvalue weighted by Gasteiger charge is 2.22. The summed E-state index contributed by atoms with van der Waals surface area (Å²) >= 11 is 0. The van der Waals surface area contributed by atoms with Gasteiger partial charge < -0.3 is 19.7 Å². The van der Waals surface area contributed by atoms with Crippen LogP contribution in [-0.4, -0.2) is 70.5 Å². The van der Waals surface area contributed by atoms with Crippen LogP contribution in [0.1, 0.15) is 22.9 Å². The van der Waals surface area contributed by atoms with Crippen molar-refractivity contribution in [2.75, 3.05) is 39.5 Å². The van der Waals surface area contributed by atoms with E-state index in [1.807, 2.05) is 41.9 Å². The van der Waals surface area contributed by atoms with Crippen LogP contribution >= 0.6 is 0 Å². The van der Waals surface area contributed by atoms with Crippen LogP contribution in [0.25, 0.3) is 11.8 Å². The third-order valence-corrected chi connectivity index (χ3v) is 5.06. The van der Waals surface area contributed by atoms with Crippen LogP contribution < -0.4 is 4.74 Å². The highest BCUT2D eigenvalue weighted by Crippen LogP contribution is 2.30. The third kappa shape index (κ3) is 3.91. The molecule has 144 valence electrons. The van der Waals surface area contributed by atoms with Crippen LogP contribution in [0.4, 0.5) is 0 Å². The van der Waals surface area contributed by atoms with E-state index in [0.717, 1.165) is 55.4 Å². The second-order valence-electron chi connectivity index (χ2n) is 6.95. The predicted octanol–water partition coefficient (Wildman–Crippen LogP) is 1.31. The number of hydrogen-bond donors (Lipinski definition) is 2. The second-order valence-corrected chi connectivity index (χ2v) is 6.95. The molecule has 2 unspecified atom stereocenters. The molecule has 0 spiro atoms. The fourth-order valence-corrected chi connectivity index (χ4v) is 3.48.